The summed E-state index contributed by atoms with van der Waals surface area (Å²) < 4.78 is 5.90. The van der Waals surface area contributed by atoms with E-state index in [1.807, 2.05) is 0 Å². The van der Waals surface area contributed by atoms with Crippen LogP contribution in [0.2, 0.25) is 0 Å². The maximum absolute atomic E-state index is 12.3. The van der Waals surface area contributed by atoms with Gasteiger partial charge in [-0.2, -0.15) is 9.90 Å². The first-order valence-corrected chi connectivity index (χ1v) is 10.1. The number of rotatable bonds is 3. The topological polar surface area (TPSA) is 120 Å². The number of hydrogen-bond donors (Lipinski definition) is 2. The highest BCUT2D eigenvalue weighted by Gasteiger charge is 2.49. The number of aryl methyl sites for hydroxylation is 1. The van der Waals surface area contributed by atoms with Crippen LogP contribution in [0.5, 0.6) is 0 Å². The summed E-state index contributed by atoms with van der Waals surface area (Å²) in [7, 11) is 1.66. The SMILES string of the molecule is CC1CC2CSC(N)=NC2(c2nc(NC(=O)c3cnn(C)n3)cs2)CO1. The monoisotopic (exact) mass is 393 g/mol. The minimum absolute atomic E-state index is 0.194. The predicted molar refractivity (Wildman–Crippen MR) is 100 cm³/mol. The summed E-state index contributed by atoms with van der Waals surface area (Å²) in [5.41, 5.74) is 5.68. The molecule has 4 rings (SSSR count). The molecule has 9 nitrogen and oxygen atoms in total. The molecule has 26 heavy (non-hydrogen) atoms. The summed E-state index contributed by atoms with van der Waals surface area (Å²) in [5.74, 6) is 1.32. The Hall–Kier alpha value is -1.98. The molecule has 2 aromatic rings. The van der Waals surface area contributed by atoms with Gasteiger partial charge >= 0.3 is 0 Å². The second-order valence-electron chi connectivity index (χ2n) is 6.45. The fourth-order valence-electron chi connectivity index (χ4n) is 3.24. The lowest BCUT2D eigenvalue weighted by Crippen LogP contribution is -2.49. The third kappa shape index (κ3) is 3.10. The third-order valence-electron chi connectivity index (χ3n) is 4.57. The average molecular weight is 393 g/mol. The van der Waals surface area contributed by atoms with Crippen molar-refractivity contribution >= 4 is 40.0 Å². The van der Waals surface area contributed by atoms with Crippen molar-refractivity contribution in [2.45, 2.75) is 25.0 Å². The molecule has 2 aromatic heterocycles. The first kappa shape index (κ1) is 17.4. The van der Waals surface area contributed by atoms with Gasteiger partial charge in [0.1, 0.15) is 16.4 Å². The molecule has 11 heteroatoms. The molecule has 2 aliphatic heterocycles. The molecule has 2 aliphatic rings. The van der Waals surface area contributed by atoms with Crippen LogP contribution in [0.25, 0.3) is 0 Å². The van der Waals surface area contributed by atoms with Gasteiger partial charge in [0.05, 0.1) is 18.9 Å². The van der Waals surface area contributed by atoms with Crippen LogP contribution in [0.3, 0.4) is 0 Å². The van der Waals surface area contributed by atoms with E-state index in [1.54, 1.807) is 24.2 Å². The smallest absolute Gasteiger partial charge is 0.279 e. The van der Waals surface area contributed by atoms with E-state index in [9.17, 15) is 4.79 Å². The molecule has 3 N–H and O–H groups in total. The van der Waals surface area contributed by atoms with Gasteiger partial charge in [0.2, 0.25) is 0 Å². The highest BCUT2D eigenvalue weighted by atomic mass is 32.2. The Morgan fingerprint density at radius 3 is 3.15 bits per heavy atom. The Bertz CT molecular complexity index is 864. The number of ether oxygens (including phenoxy) is 1. The lowest BCUT2D eigenvalue weighted by Gasteiger charge is -2.44. The minimum Gasteiger partial charge on any atom is -0.379 e. The molecule has 0 aliphatic carbocycles. The standard InChI is InChI=1S/C15H19N7O2S2/c1-8-3-9-5-26-14(16)20-15(9,7-24-8)13-19-11(6-25-13)18-12(23)10-4-17-22(2)21-10/h4,6,8-9H,3,5,7H2,1-2H3,(H2,16,20)(H,18,23). The number of thioether (sulfide) groups is 1. The molecule has 1 fully saturated rings. The van der Waals surface area contributed by atoms with Gasteiger partial charge in [-0.3, -0.25) is 4.79 Å². The van der Waals surface area contributed by atoms with Crippen molar-refractivity contribution in [1.82, 2.24) is 20.0 Å². The van der Waals surface area contributed by atoms with E-state index < -0.39 is 5.54 Å². The highest BCUT2D eigenvalue weighted by Crippen LogP contribution is 2.46. The van der Waals surface area contributed by atoms with E-state index >= 15 is 0 Å². The normalized spacial score (nSPS) is 28.3. The molecule has 4 heterocycles. The van der Waals surface area contributed by atoms with Crippen LogP contribution in [0.1, 0.15) is 28.8 Å². The molecule has 1 saturated heterocycles. The Balaban J connectivity index is 1.59. The number of fused-ring (bicyclic) bond motifs is 1. The molecule has 0 aromatic carbocycles. The van der Waals surface area contributed by atoms with E-state index in [0.29, 0.717) is 23.5 Å². The molecule has 3 atom stereocenters. The van der Waals surface area contributed by atoms with E-state index in [2.05, 4.69) is 27.4 Å². The molecule has 0 saturated carbocycles. The summed E-state index contributed by atoms with van der Waals surface area (Å²) in [6.45, 7) is 2.52. The van der Waals surface area contributed by atoms with Crippen LogP contribution in [0.4, 0.5) is 5.82 Å². The number of aromatic nitrogens is 4. The molecular formula is C15H19N7O2S2. The molecule has 1 amide bonds. The van der Waals surface area contributed by atoms with Crippen molar-refractivity contribution in [2.24, 2.45) is 23.7 Å². The number of amidine groups is 1. The van der Waals surface area contributed by atoms with Gasteiger partial charge in [-0.15, -0.1) is 16.4 Å². The largest absolute Gasteiger partial charge is 0.379 e. The first-order chi connectivity index (χ1) is 12.5. The van der Waals surface area contributed by atoms with Crippen LogP contribution in [-0.4, -0.2) is 49.5 Å². The van der Waals surface area contributed by atoms with Crippen LogP contribution in [0, 0.1) is 5.92 Å². The summed E-state index contributed by atoms with van der Waals surface area (Å²) in [5, 5.41) is 13.8. The van der Waals surface area contributed by atoms with Crippen LogP contribution in [-0.2, 0) is 17.3 Å². The number of carbonyl (C=O) groups excluding carboxylic acids is 1. The minimum atomic E-state index is -0.567. The number of nitrogens with two attached hydrogens (primary N) is 1. The van der Waals surface area contributed by atoms with E-state index in [4.69, 9.17) is 15.5 Å². The predicted octanol–water partition coefficient (Wildman–Crippen LogP) is 1.21. The Morgan fingerprint density at radius 1 is 1.54 bits per heavy atom. The van der Waals surface area contributed by atoms with E-state index in [0.717, 1.165) is 17.2 Å². The van der Waals surface area contributed by atoms with Crippen molar-refractivity contribution in [1.29, 1.82) is 0 Å². The third-order valence-corrected chi connectivity index (χ3v) is 6.54. The number of nitrogens with zero attached hydrogens (tertiary/aromatic N) is 5. The molecule has 138 valence electrons. The van der Waals surface area contributed by atoms with Crippen LogP contribution < -0.4 is 11.1 Å². The van der Waals surface area contributed by atoms with Crippen molar-refractivity contribution in [3.63, 3.8) is 0 Å². The van der Waals surface area contributed by atoms with Crippen molar-refractivity contribution < 1.29 is 9.53 Å². The number of carbonyl (C=O) groups is 1. The van der Waals surface area contributed by atoms with Gasteiger partial charge in [-0.05, 0) is 13.3 Å². The van der Waals surface area contributed by atoms with Crippen LogP contribution >= 0.6 is 23.1 Å². The fraction of sp³-hybridized carbons (Fsp3) is 0.533. The Morgan fingerprint density at radius 2 is 2.38 bits per heavy atom. The van der Waals surface area contributed by atoms with Gasteiger partial charge in [0.15, 0.2) is 10.9 Å². The molecular weight excluding hydrogens is 374 g/mol. The summed E-state index contributed by atoms with van der Waals surface area (Å²) in [6.07, 6.45) is 2.51. The lowest BCUT2D eigenvalue weighted by atomic mass is 9.80. The Kier molecular flexibility index (Phi) is 4.45. The number of anilines is 1. The number of amides is 1. The molecule has 3 unspecified atom stereocenters. The maximum Gasteiger partial charge on any atom is 0.279 e. The summed E-state index contributed by atoms with van der Waals surface area (Å²) in [4.78, 5) is 22.9. The second-order valence-corrected chi connectivity index (χ2v) is 8.35. The zero-order chi connectivity index (χ0) is 18.3. The number of thiazole rings is 1. The second kappa shape index (κ2) is 6.63. The molecule has 0 bridgehead atoms. The molecule has 0 radical (unpaired) electrons. The quantitative estimate of drug-likeness (QED) is 0.804. The van der Waals surface area contributed by atoms with E-state index in [-0.39, 0.29) is 17.7 Å². The lowest BCUT2D eigenvalue weighted by molar-refractivity contribution is -0.0466. The average Bonchev–Trinajstić information content (AvgIpc) is 3.24. The van der Waals surface area contributed by atoms with Gasteiger partial charge < -0.3 is 15.8 Å². The van der Waals surface area contributed by atoms with Crippen molar-refractivity contribution in [2.75, 3.05) is 17.7 Å². The first-order valence-electron chi connectivity index (χ1n) is 8.19. The molecule has 0 spiro atoms. The summed E-state index contributed by atoms with van der Waals surface area (Å²) in [6, 6.07) is 0. The highest BCUT2D eigenvalue weighted by molar-refractivity contribution is 8.13. The van der Waals surface area contributed by atoms with E-state index in [1.165, 1.54) is 22.3 Å². The fourth-order valence-corrected chi connectivity index (χ4v) is 5.21. The number of nitrogens with one attached hydrogen (secondary N) is 1. The van der Waals surface area contributed by atoms with Crippen LogP contribution in [0.15, 0.2) is 16.6 Å². The van der Waals surface area contributed by atoms with Crippen molar-refractivity contribution in [3.05, 3.63) is 22.3 Å². The van der Waals surface area contributed by atoms with Gasteiger partial charge in [0, 0.05) is 24.1 Å². The maximum atomic E-state index is 12.3. The van der Waals surface area contributed by atoms with Crippen molar-refractivity contribution in [3.8, 4) is 0 Å². The van der Waals surface area contributed by atoms with Gasteiger partial charge in [0.25, 0.3) is 5.91 Å². The summed E-state index contributed by atoms with van der Waals surface area (Å²) >= 11 is 3.04. The zero-order valence-corrected chi connectivity index (χ0v) is 16.0. The van der Waals surface area contributed by atoms with Gasteiger partial charge in [-0.25, -0.2) is 9.98 Å². The Labute approximate surface area is 158 Å². The number of aliphatic imine (C=N–C) groups is 1. The number of hydrogen-bond acceptors (Lipinski definition) is 9. The zero-order valence-electron chi connectivity index (χ0n) is 14.4. The van der Waals surface area contributed by atoms with Gasteiger partial charge in [-0.1, -0.05) is 11.8 Å².